The normalized spacial score (nSPS) is 20.2. The lowest BCUT2D eigenvalue weighted by Crippen LogP contribution is -2.20. The monoisotopic (exact) mass is 300 g/mol. The predicted octanol–water partition coefficient (Wildman–Crippen LogP) is 1.32. The van der Waals surface area contributed by atoms with Gasteiger partial charge in [0.15, 0.2) is 0 Å². The summed E-state index contributed by atoms with van der Waals surface area (Å²) in [6.45, 7) is 1.47. The molecular weight excluding hydrogens is 280 g/mol. The smallest absolute Gasteiger partial charge is 0.238 e. The molecule has 1 fully saturated rings. The standard InChI is InChI=1S/C13H20N2O4S/c1-18-13-5-4-11(20(14,16)17)9-12(13)15-10-3-2-7-19-8-6-10/h4-5,9-10,15H,2-3,6-8H2,1H3,(H2,14,16,17). The number of anilines is 1. The van der Waals surface area contributed by atoms with Gasteiger partial charge in [0.05, 0.1) is 17.7 Å². The van der Waals surface area contributed by atoms with Gasteiger partial charge in [0.2, 0.25) is 10.0 Å². The lowest BCUT2D eigenvalue weighted by atomic mass is 10.1. The molecule has 0 spiro atoms. The van der Waals surface area contributed by atoms with E-state index in [1.165, 1.54) is 12.1 Å². The first kappa shape index (κ1) is 15.1. The zero-order chi connectivity index (χ0) is 14.6. The Kier molecular flexibility index (Phi) is 4.85. The van der Waals surface area contributed by atoms with E-state index in [0.717, 1.165) is 25.9 Å². The van der Waals surface area contributed by atoms with Crippen molar-refractivity contribution in [2.75, 3.05) is 25.6 Å². The summed E-state index contributed by atoms with van der Waals surface area (Å²) in [6.07, 6.45) is 2.83. The molecule has 6 nitrogen and oxygen atoms in total. The van der Waals surface area contributed by atoms with Crippen molar-refractivity contribution in [1.29, 1.82) is 0 Å². The van der Waals surface area contributed by atoms with Crippen molar-refractivity contribution in [2.45, 2.75) is 30.2 Å². The molecule has 0 bridgehead atoms. The Morgan fingerprint density at radius 2 is 2.15 bits per heavy atom. The van der Waals surface area contributed by atoms with Crippen LogP contribution in [0.2, 0.25) is 0 Å². The fraction of sp³-hybridized carbons (Fsp3) is 0.538. The Bertz CT molecular complexity index is 551. The van der Waals surface area contributed by atoms with Gasteiger partial charge in [0, 0.05) is 19.3 Å². The van der Waals surface area contributed by atoms with Crippen LogP contribution in [0.4, 0.5) is 5.69 Å². The maximum atomic E-state index is 11.4. The summed E-state index contributed by atoms with van der Waals surface area (Å²) < 4.78 is 33.5. The fourth-order valence-corrected chi connectivity index (χ4v) is 2.78. The Morgan fingerprint density at radius 3 is 2.85 bits per heavy atom. The molecule has 1 atom stereocenters. The lowest BCUT2D eigenvalue weighted by Gasteiger charge is -2.19. The first-order valence-electron chi connectivity index (χ1n) is 6.56. The van der Waals surface area contributed by atoms with E-state index in [2.05, 4.69) is 5.32 Å². The summed E-state index contributed by atoms with van der Waals surface area (Å²) in [5.74, 6) is 0.600. The third-order valence-electron chi connectivity index (χ3n) is 3.31. The van der Waals surface area contributed by atoms with Gasteiger partial charge in [0.25, 0.3) is 0 Å². The van der Waals surface area contributed by atoms with E-state index in [9.17, 15) is 8.42 Å². The third-order valence-corrected chi connectivity index (χ3v) is 4.22. The molecule has 112 valence electrons. The molecule has 7 heteroatoms. The van der Waals surface area contributed by atoms with Crippen molar-refractivity contribution < 1.29 is 17.9 Å². The molecule has 1 unspecified atom stereocenters. The number of methoxy groups -OCH3 is 1. The van der Waals surface area contributed by atoms with Gasteiger partial charge in [-0.2, -0.15) is 0 Å². The molecule has 1 saturated heterocycles. The van der Waals surface area contributed by atoms with E-state index < -0.39 is 10.0 Å². The van der Waals surface area contributed by atoms with Crippen LogP contribution in [0.25, 0.3) is 0 Å². The first-order chi connectivity index (χ1) is 9.50. The Balaban J connectivity index is 2.23. The molecule has 1 heterocycles. The first-order valence-corrected chi connectivity index (χ1v) is 8.10. The van der Waals surface area contributed by atoms with Gasteiger partial charge < -0.3 is 14.8 Å². The summed E-state index contributed by atoms with van der Waals surface area (Å²) in [7, 11) is -2.17. The summed E-state index contributed by atoms with van der Waals surface area (Å²) >= 11 is 0. The summed E-state index contributed by atoms with van der Waals surface area (Å²) in [5.41, 5.74) is 0.644. The van der Waals surface area contributed by atoms with E-state index >= 15 is 0 Å². The van der Waals surface area contributed by atoms with Gasteiger partial charge in [-0.05, 0) is 37.5 Å². The van der Waals surface area contributed by atoms with E-state index in [4.69, 9.17) is 14.6 Å². The largest absolute Gasteiger partial charge is 0.495 e. The molecule has 0 radical (unpaired) electrons. The molecule has 1 aromatic rings. The van der Waals surface area contributed by atoms with E-state index in [1.807, 2.05) is 0 Å². The minimum atomic E-state index is -3.72. The quantitative estimate of drug-likeness (QED) is 0.875. The number of hydrogen-bond acceptors (Lipinski definition) is 5. The maximum Gasteiger partial charge on any atom is 0.238 e. The summed E-state index contributed by atoms with van der Waals surface area (Å²) in [6, 6.07) is 4.80. The molecule has 0 saturated carbocycles. The average molecular weight is 300 g/mol. The zero-order valence-corrected chi connectivity index (χ0v) is 12.3. The third kappa shape index (κ3) is 3.84. The van der Waals surface area contributed by atoms with Crippen LogP contribution < -0.4 is 15.2 Å². The van der Waals surface area contributed by atoms with Gasteiger partial charge >= 0.3 is 0 Å². The van der Waals surface area contributed by atoms with Crippen LogP contribution in [0.3, 0.4) is 0 Å². The minimum Gasteiger partial charge on any atom is -0.495 e. The number of sulfonamides is 1. The van der Waals surface area contributed by atoms with Crippen molar-refractivity contribution in [2.24, 2.45) is 5.14 Å². The van der Waals surface area contributed by atoms with Gasteiger partial charge in [-0.1, -0.05) is 0 Å². The maximum absolute atomic E-state index is 11.4. The second kappa shape index (κ2) is 6.43. The zero-order valence-electron chi connectivity index (χ0n) is 11.5. The molecule has 1 aliphatic heterocycles. The second-order valence-electron chi connectivity index (χ2n) is 4.79. The number of ether oxygens (including phenoxy) is 2. The Labute approximate surface area is 119 Å². The predicted molar refractivity (Wildman–Crippen MR) is 76.4 cm³/mol. The molecule has 2 rings (SSSR count). The Morgan fingerprint density at radius 1 is 1.35 bits per heavy atom. The summed E-state index contributed by atoms with van der Waals surface area (Å²) in [5, 5.41) is 8.49. The number of nitrogens with two attached hydrogens (primary N) is 1. The van der Waals surface area contributed by atoms with Crippen LogP contribution in [0, 0.1) is 0 Å². The van der Waals surface area contributed by atoms with Gasteiger partial charge in [-0.3, -0.25) is 0 Å². The molecule has 0 amide bonds. The minimum absolute atomic E-state index is 0.0747. The molecule has 0 aromatic heterocycles. The SMILES string of the molecule is COc1ccc(S(N)(=O)=O)cc1NC1CCCOCC1. The summed E-state index contributed by atoms with van der Waals surface area (Å²) in [4.78, 5) is 0.0747. The van der Waals surface area contributed by atoms with E-state index in [1.54, 1.807) is 13.2 Å². The molecule has 3 N–H and O–H groups in total. The number of rotatable bonds is 4. The van der Waals surface area contributed by atoms with Crippen LogP contribution in [0.1, 0.15) is 19.3 Å². The topological polar surface area (TPSA) is 90.7 Å². The van der Waals surface area contributed by atoms with Gasteiger partial charge in [0.1, 0.15) is 5.75 Å². The lowest BCUT2D eigenvalue weighted by molar-refractivity contribution is 0.144. The van der Waals surface area contributed by atoms with Gasteiger partial charge in [-0.15, -0.1) is 0 Å². The Hall–Kier alpha value is -1.31. The van der Waals surface area contributed by atoms with Crippen molar-refractivity contribution in [3.05, 3.63) is 18.2 Å². The highest BCUT2D eigenvalue weighted by atomic mass is 32.2. The molecule has 0 aliphatic carbocycles. The van der Waals surface area contributed by atoms with Crippen LogP contribution in [0.15, 0.2) is 23.1 Å². The van der Waals surface area contributed by atoms with Crippen molar-refractivity contribution in [3.8, 4) is 5.75 Å². The molecule has 20 heavy (non-hydrogen) atoms. The number of primary sulfonamides is 1. The van der Waals surface area contributed by atoms with Crippen molar-refractivity contribution in [3.63, 3.8) is 0 Å². The number of hydrogen-bond donors (Lipinski definition) is 2. The van der Waals surface area contributed by atoms with Crippen LogP contribution in [-0.2, 0) is 14.8 Å². The molecule has 1 aliphatic rings. The number of benzene rings is 1. The van der Waals surface area contributed by atoms with Crippen LogP contribution in [-0.4, -0.2) is 34.8 Å². The highest BCUT2D eigenvalue weighted by Gasteiger charge is 2.16. The van der Waals surface area contributed by atoms with Crippen LogP contribution in [0.5, 0.6) is 5.75 Å². The van der Waals surface area contributed by atoms with Gasteiger partial charge in [-0.25, -0.2) is 13.6 Å². The highest BCUT2D eigenvalue weighted by Crippen LogP contribution is 2.29. The van der Waals surface area contributed by atoms with Crippen molar-refractivity contribution in [1.82, 2.24) is 0 Å². The average Bonchev–Trinajstić information content (AvgIpc) is 2.66. The van der Waals surface area contributed by atoms with Crippen molar-refractivity contribution >= 4 is 15.7 Å². The van der Waals surface area contributed by atoms with E-state index in [0.29, 0.717) is 18.0 Å². The van der Waals surface area contributed by atoms with E-state index in [-0.39, 0.29) is 10.9 Å². The second-order valence-corrected chi connectivity index (χ2v) is 6.35. The number of nitrogens with one attached hydrogen (secondary N) is 1. The van der Waals surface area contributed by atoms with Crippen LogP contribution >= 0.6 is 0 Å². The molecule has 1 aromatic carbocycles. The highest BCUT2D eigenvalue weighted by molar-refractivity contribution is 7.89. The fourth-order valence-electron chi connectivity index (χ4n) is 2.24. The molecular formula is C13H20N2O4S.